The molecule has 0 amide bonds. The van der Waals surface area contributed by atoms with E-state index in [1.807, 2.05) is 29.6 Å². The van der Waals surface area contributed by atoms with Crippen LogP contribution in [0.1, 0.15) is 24.3 Å². The second-order valence-electron chi connectivity index (χ2n) is 5.04. The Kier molecular flexibility index (Phi) is 4.82. The van der Waals surface area contributed by atoms with Crippen LogP contribution in [0.5, 0.6) is 5.75 Å². The molecule has 116 valence electrons. The van der Waals surface area contributed by atoms with Crippen LogP contribution in [0, 0.1) is 0 Å². The van der Waals surface area contributed by atoms with Gasteiger partial charge in [0.2, 0.25) is 0 Å². The molecular weight excluding hydrogens is 302 g/mol. The van der Waals surface area contributed by atoms with Gasteiger partial charge in [0.15, 0.2) is 5.60 Å². The summed E-state index contributed by atoms with van der Waals surface area (Å²) in [6.07, 6.45) is 0. The first-order valence-corrected chi connectivity index (χ1v) is 7.50. The normalized spacial score (nSPS) is 12.0. The highest BCUT2D eigenvalue weighted by atomic mass is 32.1. The molecular formula is C16H17NO4S. The van der Waals surface area contributed by atoms with Gasteiger partial charge in [-0.1, -0.05) is 11.2 Å². The SMILES string of the molecule is CON=C(c1ccc(OC(C)(C)C(=O)O)cc1)c1cccs1. The summed E-state index contributed by atoms with van der Waals surface area (Å²) in [7, 11) is 1.50. The maximum atomic E-state index is 11.1. The molecule has 0 bridgehead atoms. The van der Waals surface area contributed by atoms with Crippen molar-refractivity contribution in [2.45, 2.75) is 19.4 Å². The summed E-state index contributed by atoms with van der Waals surface area (Å²) in [4.78, 5) is 17.0. The van der Waals surface area contributed by atoms with Crippen LogP contribution >= 0.6 is 11.3 Å². The molecule has 0 saturated heterocycles. The average Bonchev–Trinajstić information content (AvgIpc) is 2.99. The first-order valence-electron chi connectivity index (χ1n) is 6.62. The zero-order valence-electron chi connectivity index (χ0n) is 12.6. The number of rotatable bonds is 6. The largest absolute Gasteiger partial charge is 0.478 e. The quantitative estimate of drug-likeness (QED) is 0.654. The molecule has 0 unspecified atom stereocenters. The maximum absolute atomic E-state index is 11.1. The Morgan fingerprint density at radius 1 is 1.23 bits per heavy atom. The van der Waals surface area contributed by atoms with Crippen molar-refractivity contribution in [3.63, 3.8) is 0 Å². The molecule has 22 heavy (non-hydrogen) atoms. The molecule has 0 aliphatic rings. The van der Waals surface area contributed by atoms with Crippen molar-refractivity contribution in [1.29, 1.82) is 0 Å². The molecule has 1 aromatic carbocycles. The minimum atomic E-state index is -1.28. The zero-order chi connectivity index (χ0) is 16.2. The number of hydrogen-bond acceptors (Lipinski definition) is 5. The van der Waals surface area contributed by atoms with E-state index in [-0.39, 0.29) is 0 Å². The standard InChI is InChI=1S/C16H17NO4S/c1-16(2,15(18)19)21-12-8-6-11(7-9-12)14(17-20-3)13-5-4-10-22-13/h4-10H,1-3H3,(H,18,19). The van der Waals surface area contributed by atoms with Gasteiger partial charge in [0.1, 0.15) is 18.6 Å². The molecule has 0 aliphatic carbocycles. The van der Waals surface area contributed by atoms with Gasteiger partial charge in [0.05, 0.1) is 4.88 Å². The molecule has 0 spiro atoms. The minimum absolute atomic E-state index is 0.485. The molecule has 5 nitrogen and oxygen atoms in total. The predicted molar refractivity (Wildman–Crippen MR) is 85.8 cm³/mol. The summed E-state index contributed by atoms with van der Waals surface area (Å²) in [6.45, 7) is 3.01. The third kappa shape index (κ3) is 3.65. The fraction of sp³-hybridized carbons (Fsp3) is 0.250. The van der Waals surface area contributed by atoms with Crippen molar-refractivity contribution < 1.29 is 19.5 Å². The summed E-state index contributed by atoms with van der Waals surface area (Å²) in [6, 6.07) is 11.0. The van der Waals surface area contributed by atoms with E-state index in [9.17, 15) is 4.79 Å². The second-order valence-corrected chi connectivity index (χ2v) is 5.99. The molecule has 1 aromatic heterocycles. The topological polar surface area (TPSA) is 68.1 Å². The summed E-state index contributed by atoms with van der Waals surface area (Å²) in [5, 5.41) is 15.1. The van der Waals surface area contributed by atoms with Crippen LogP contribution in [0.4, 0.5) is 0 Å². The van der Waals surface area contributed by atoms with E-state index in [0.717, 1.165) is 16.2 Å². The summed E-state index contributed by atoms with van der Waals surface area (Å²) in [5.41, 5.74) is 0.310. The minimum Gasteiger partial charge on any atom is -0.478 e. The van der Waals surface area contributed by atoms with E-state index in [2.05, 4.69) is 5.16 Å². The van der Waals surface area contributed by atoms with Crippen LogP contribution in [0.25, 0.3) is 0 Å². The fourth-order valence-electron chi connectivity index (χ4n) is 1.76. The first-order chi connectivity index (χ1) is 10.4. The lowest BCUT2D eigenvalue weighted by Gasteiger charge is -2.21. The lowest BCUT2D eigenvalue weighted by molar-refractivity contribution is -0.152. The van der Waals surface area contributed by atoms with Gasteiger partial charge in [-0.05, 0) is 49.6 Å². The van der Waals surface area contributed by atoms with E-state index in [1.165, 1.54) is 21.0 Å². The van der Waals surface area contributed by atoms with Crippen LogP contribution in [-0.4, -0.2) is 29.5 Å². The number of oxime groups is 1. The number of nitrogens with zero attached hydrogens (tertiary/aromatic N) is 1. The average molecular weight is 319 g/mol. The second kappa shape index (κ2) is 6.62. The summed E-state index contributed by atoms with van der Waals surface area (Å²) < 4.78 is 5.48. The number of thiophene rings is 1. The van der Waals surface area contributed by atoms with Gasteiger partial charge in [0, 0.05) is 5.56 Å². The smallest absolute Gasteiger partial charge is 0.347 e. The summed E-state index contributed by atoms with van der Waals surface area (Å²) >= 11 is 1.56. The van der Waals surface area contributed by atoms with E-state index in [1.54, 1.807) is 23.5 Å². The maximum Gasteiger partial charge on any atom is 0.347 e. The third-order valence-electron chi connectivity index (χ3n) is 2.95. The van der Waals surface area contributed by atoms with Crippen LogP contribution < -0.4 is 4.74 Å². The first kappa shape index (κ1) is 16.0. The molecule has 0 radical (unpaired) electrons. The Balaban J connectivity index is 2.24. The van der Waals surface area contributed by atoms with Crippen molar-refractivity contribution in [3.05, 3.63) is 52.2 Å². The van der Waals surface area contributed by atoms with Crippen molar-refractivity contribution >= 4 is 23.0 Å². The van der Waals surface area contributed by atoms with Crippen molar-refractivity contribution in [1.82, 2.24) is 0 Å². The highest BCUT2D eigenvalue weighted by molar-refractivity contribution is 7.12. The predicted octanol–water partition coefficient (Wildman–Crippen LogP) is 3.39. The van der Waals surface area contributed by atoms with Gasteiger partial charge in [-0.15, -0.1) is 11.3 Å². The van der Waals surface area contributed by atoms with Gasteiger partial charge in [-0.2, -0.15) is 0 Å². The monoisotopic (exact) mass is 319 g/mol. The highest BCUT2D eigenvalue weighted by Crippen LogP contribution is 2.22. The van der Waals surface area contributed by atoms with E-state index >= 15 is 0 Å². The molecule has 6 heteroatoms. The van der Waals surface area contributed by atoms with Gasteiger partial charge in [-0.3, -0.25) is 0 Å². The van der Waals surface area contributed by atoms with E-state index in [4.69, 9.17) is 14.7 Å². The lowest BCUT2D eigenvalue weighted by Crippen LogP contribution is -2.37. The summed E-state index contributed by atoms with van der Waals surface area (Å²) in [5.74, 6) is -0.532. The van der Waals surface area contributed by atoms with E-state index in [0.29, 0.717) is 5.75 Å². The molecule has 0 fully saturated rings. The van der Waals surface area contributed by atoms with Gasteiger partial charge in [-0.25, -0.2) is 4.79 Å². The molecule has 0 saturated carbocycles. The number of carboxylic acids is 1. The Morgan fingerprint density at radius 2 is 1.91 bits per heavy atom. The number of benzene rings is 1. The number of aliphatic carboxylic acids is 1. The molecule has 1 heterocycles. The molecule has 2 rings (SSSR count). The highest BCUT2D eigenvalue weighted by Gasteiger charge is 2.29. The third-order valence-corrected chi connectivity index (χ3v) is 3.83. The Bertz CT molecular complexity index is 660. The van der Waals surface area contributed by atoms with Crippen molar-refractivity contribution in [2.75, 3.05) is 7.11 Å². The van der Waals surface area contributed by atoms with Crippen LogP contribution in [-0.2, 0) is 9.63 Å². The Labute approximate surface area is 132 Å². The molecule has 0 atom stereocenters. The number of ether oxygens (including phenoxy) is 1. The Hall–Kier alpha value is -2.34. The van der Waals surface area contributed by atoms with Crippen LogP contribution in [0.15, 0.2) is 46.9 Å². The number of hydrogen-bond donors (Lipinski definition) is 1. The lowest BCUT2D eigenvalue weighted by atomic mass is 10.1. The number of carboxylic acid groups (broad SMARTS) is 1. The molecule has 2 aromatic rings. The van der Waals surface area contributed by atoms with Crippen LogP contribution in [0.2, 0.25) is 0 Å². The van der Waals surface area contributed by atoms with Crippen molar-refractivity contribution in [3.8, 4) is 5.75 Å². The zero-order valence-corrected chi connectivity index (χ0v) is 13.4. The number of carbonyl (C=O) groups is 1. The van der Waals surface area contributed by atoms with Gasteiger partial charge < -0.3 is 14.7 Å². The van der Waals surface area contributed by atoms with Crippen molar-refractivity contribution in [2.24, 2.45) is 5.16 Å². The fourth-order valence-corrected chi connectivity index (χ4v) is 2.49. The Morgan fingerprint density at radius 3 is 2.41 bits per heavy atom. The van der Waals surface area contributed by atoms with Gasteiger partial charge >= 0.3 is 5.97 Å². The molecule has 1 N–H and O–H groups in total. The molecule has 0 aliphatic heterocycles. The van der Waals surface area contributed by atoms with Crippen LogP contribution in [0.3, 0.4) is 0 Å². The van der Waals surface area contributed by atoms with E-state index < -0.39 is 11.6 Å². The van der Waals surface area contributed by atoms with Gasteiger partial charge in [0.25, 0.3) is 0 Å².